The fourth-order valence-corrected chi connectivity index (χ4v) is 5.22. The van der Waals surface area contributed by atoms with E-state index in [-0.39, 0.29) is 43.5 Å². The summed E-state index contributed by atoms with van der Waals surface area (Å²) in [6, 6.07) is 15.8. The average Bonchev–Trinajstić information content (AvgIpc) is 2.91. The molecule has 0 aliphatic carbocycles. The number of hydrogen-bond donors (Lipinski definition) is 1. The zero-order valence-electron chi connectivity index (χ0n) is 21.5. The number of nitrogens with zero attached hydrogens (tertiary/aromatic N) is 4. The van der Waals surface area contributed by atoms with Gasteiger partial charge in [0.1, 0.15) is 29.8 Å². The Morgan fingerprint density at radius 2 is 1.84 bits per heavy atom. The number of carbonyl (C=O) groups excluding carboxylic acids is 3. The summed E-state index contributed by atoms with van der Waals surface area (Å²) in [5.41, 5.74) is 1.88. The van der Waals surface area contributed by atoms with Gasteiger partial charge in [-0.1, -0.05) is 62.2 Å². The number of nitrogens with one attached hydrogen (secondary N) is 1. The monoisotopic (exact) mass is 527 g/mol. The number of carbonyl (C=O) groups is 3. The molecule has 9 nitrogen and oxygen atoms in total. The number of benzene rings is 2. The Morgan fingerprint density at radius 1 is 1.14 bits per heavy atom. The average molecular weight is 528 g/mol. The van der Waals surface area contributed by atoms with Crippen LogP contribution in [0.2, 0.25) is 0 Å². The second-order valence-corrected chi connectivity index (χ2v) is 9.71. The number of urea groups is 1. The van der Waals surface area contributed by atoms with Gasteiger partial charge in [-0.05, 0) is 36.6 Å². The molecule has 2 saturated heterocycles. The highest BCUT2D eigenvalue weighted by molar-refractivity contribution is 6.09. The fraction of sp³-hybridized carbons (Fsp3) is 0.444. The molecule has 10 heteroatoms. The molecule has 2 aromatic carbocycles. The van der Waals surface area contributed by atoms with Gasteiger partial charge in [-0.15, -0.1) is 0 Å². The standard InChI is InChI=1S/C27H34ClN5O4/c1-4-5-11-23-26(35)31(19(2)21-9-7-6-8-10-21)17-24-32(23)25(34)18-30(3)33(24)27(36)29-16-20-12-14-22(37-28)15-13-20/h6-10,12-15,19,23-24H,4-5,11,16-18H2,1-3H3,(H,29,36)/t19-,23-,24-/m0/s1. The number of hydrogen-bond acceptors (Lipinski definition) is 5. The van der Waals surface area contributed by atoms with Crippen molar-refractivity contribution in [3.8, 4) is 5.75 Å². The zero-order chi connectivity index (χ0) is 26.5. The highest BCUT2D eigenvalue weighted by Gasteiger charge is 2.51. The molecule has 0 unspecified atom stereocenters. The van der Waals surface area contributed by atoms with E-state index >= 15 is 0 Å². The van der Waals surface area contributed by atoms with Gasteiger partial charge in [-0.3, -0.25) is 9.59 Å². The topological polar surface area (TPSA) is 85.4 Å². The SMILES string of the molecule is CCCC[C@H]1C(=O)N([C@@H](C)c2ccccc2)C[C@H]2N1C(=O)CN(C)N2C(=O)NCc1ccc(OCl)cc1. The van der Waals surface area contributed by atoms with Crippen molar-refractivity contribution in [3.63, 3.8) is 0 Å². The Kier molecular flexibility index (Phi) is 8.56. The first-order chi connectivity index (χ1) is 17.8. The second kappa shape index (κ2) is 11.8. The third-order valence-electron chi connectivity index (χ3n) is 7.13. The van der Waals surface area contributed by atoms with Crippen molar-refractivity contribution in [3.05, 3.63) is 65.7 Å². The van der Waals surface area contributed by atoms with E-state index in [0.717, 1.165) is 24.0 Å². The van der Waals surface area contributed by atoms with E-state index in [2.05, 4.69) is 16.5 Å². The molecule has 4 rings (SSSR count). The number of piperazine rings is 1. The van der Waals surface area contributed by atoms with Crippen LogP contribution >= 0.6 is 11.9 Å². The van der Waals surface area contributed by atoms with Crippen LogP contribution in [0.3, 0.4) is 0 Å². The van der Waals surface area contributed by atoms with Crippen molar-refractivity contribution in [2.75, 3.05) is 20.1 Å². The Morgan fingerprint density at radius 3 is 2.49 bits per heavy atom. The van der Waals surface area contributed by atoms with Gasteiger partial charge in [0, 0.05) is 13.6 Å². The van der Waals surface area contributed by atoms with Crippen molar-refractivity contribution in [2.45, 2.75) is 57.9 Å². The summed E-state index contributed by atoms with van der Waals surface area (Å²) < 4.78 is 4.68. The van der Waals surface area contributed by atoms with Crippen LogP contribution in [0, 0.1) is 0 Å². The second-order valence-electron chi connectivity index (χ2n) is 9.56. The highest BCUT2D eigenvalue weighted by atomic mass is 35.5. The van der Waals surface area contributed by atoms with Crippen molar-refractivity contribution >= 4 is 29.7 Å². The van der Waals surface area contributed by atoms with E-state index in [0.29, 0.717) is 12.2 Å². The van der Waals surface area contributed by atoms with Crippen molar-refractivity contribution in [2.24, 2.45) is 0 Å². The van der Waals surface area contributed by atoms with Crippen LogP contribution < -0.4 is 9.61 Å². The highest BCUT2D eigenvalue weighted by Crippen LogP contribution is 2.32. The molecular formula is C27H34ClN5O4. The summed E-state index contributed by atoms with van der Waals surface area (Å²) in [4.78, 5) is 43.9. The molecule has 0 radical (unpaired) electrons. The number of unbranched alkanes of at least 4 members (excludes halogenated alkanes) is 1. The molecule has 0 saturated carbocycles. The molecule has 2 aromatic rings. The maximum atomic E-state index is 13.7. The van der Waals surface area contributed by atoms with Gasteiger partial charge in [0.2, 0.25) is 11.8 Å². The summed E-state index contributed by atoms with van der Waals surface area (Å²) in [6.07, 6.45) is 1.67. The lowest BCUT2D eigenvalue weighted by molar-refractivity contribution is -0.189. The number of likely N-dealkylation sites (N-methyl/N-ethyl adjacent to an activating group) is 1. The van der Waals surface area contributed by atoms with E-state index in [4.69, 9.17) is 11.9 Å². The minimum atomic E-state index is -0.607. The Labute approximate surface area is 223 Å². The lowest BCUT2D eigenvalue weighted by Gasteiger charge is -2.55. The Hall–Kier alpha value is -3.30. The number of amides is 4. The first kappa shape index (κ1) is 26.8. The first-order valence-electron chi connectivity index (χ1n) is 12.7. The quantitative estimate of drug-likeness (QED) is 0.562. The summed E-state index contributed by atoms with van der Waals surface area (Å²) in [7, 11) is 1.73. The van der Waals surface area contributed by atoms with Gasteiger partial charge >= 0.3 is 6.03 Å². The van der Waals surface area contributed by atoms with Gasteiger partial charge < -0.3 is 19.4 Å². The number of rotatable bonds is 8. The molecule has 1 N–H and O–H groups in total. The van der Waals surface area contributed by atoms with Gasteiger partial charge in [-0.25, -0.2) is 14.8 Å². The molecular weight excluding hydrogens is 494 g/mol. The minimum absolute atomic E-state index is 0.0236. The van der Waals surface area contributed by atoms with Crippen LogP contribution in [0.1, 0.15) is 50.3 Å². The molecule has 2 aliphatic rings. The third-order valence-corrected chi connectivity index (χ3v) is 7.31. The molecule has 198 valence electrons. The van der Waals surface area contributed by atoms with Crippen molar-refractivity contribution in [1.29, 1.82) is 0 Å². The Bertz CT molecular complexity index is 1100. The van der Waals surface area contributed by atoms with E-state index in [1.165, 1.54) is 0 Å². The van der Waals surface area contributed by atoms with Crippen molar-refractivity contribution in [1.82, 2.24) is 25.1 Å². The fourth-order valence-electron chi connectivity index (χ4n) is 5.12. The molecule has 37 heavy (non-hydrogen) atoms. The minimum Gasteiger partial charge on any atom is -0.386 e. The van der Waals surface area contributed by atoms with E-state index in [1.807, 2.05) is 54.3 Å². The molecule has 0 aromatic heterocycles. The number of halogens is 1. The molecule has 2 fully saturated rings. The summed E-state index contributed by atoms with van der Waals surface area (Å²) in [5, 5.41) is 6.18. The maximum absolute atomic E-state index is 13.7. The van der Waals surface area contributed by atoms with Crippen LogP contribution in [-0.4, -0.2) is 70.0 Å². The van der Waals surface area contributed by atoms with Crippen molar-refractivity contribution < 1.29 is 18.7 Å². The summed E-state index contributed by atoms with van der Waals surface area (Å²) >= 11 is 5.39. The lowest BCUT2D eigenvalue weighted by atomic mass is 9.98. The van der Waals surface area contributed by atoms with Gasteiger partial charge in [-0.2, -0.15) is 0 Å². The van der Waals surface area contributed by atoms with Crippen LogP contribution in [0.5, 0.6) is 5.75 Å². The normalized spacial score (nSPS) is 21.0. The largest absolute Gasteiger partial charge is 0.386 e. The predicted octanol–water partition coefficient (Wildman–Crippen LogP) is 3.91. The summed E-state index contributed by atoms with van der Waals surface area (Å²) in [6.45, 7) is 4.59. The molecule has 2 aliphatic heterocycles. The Balaban J connectivity index is 1.60. The third kappa shape index (κ3) is 5.67. The number of fused-ring (bicyclic) bond motifs is 1. The molecule has 0 bridgehead atoms. The molecule has 4 amide bonds. The van der Waals surface area contributed by atoms with Gasteiger partial charge in [0.05, 0.1) is 19.1 Å². The van der Waals surface area contributed by atoms with Gasteiger partial charge in [0.15, 0.2) is 0 Å². The van der Waals surface area contributed by atoms with Crippen LogP contribution in [-0.2, 0) is 16.1 Å². The van der Waals surface area contributed by atoms with E-state index in [1.54, 1.807) is 34.1 Å². The number of hydrazine groups is 1. The molecule has 2 heterocycles. The van der Waals surface area contributed by atoms with E-state index in [9.17, 15) is 14.4 Å². The molecule has 3 atom stereocenters. The van der Waals surface area contributed by atoms with E-state index < -0.39 is 12.2 Å². The van der Waals surface area contributed by atoms with Crippen LogP contribution in [0.4, 0.5) is 4.79 Å². The lowest BCUT2D eigenvalue weighted by Crippen LogP contribution is -2.76. The summed E-state index contributed by atoms with van der Waals surface area (Å²) in [5.74, 6) is 0.301. The van der Waals surface area contributed by atoms with Crippen LogP contribution in [0.25, 0.3) is 0 Å². The molecule has 0 spiro atoms. The zero-order valence-corrected chi connectivity index (χ0v) is 22.2. The van der Waals surface area contributed by atoms with Gasteiger partial charge in [0.25, 0.3) is 0 Å². The maximum Gasteiger partial charge on any atom is 0.334 e. The van der Waals surface area contributed by atoms with Crippen LogP contribution in [0.15, 0.2) is 54.6 Å². The predicted molar refractivity (Wildman–Crippen MR) is 140 cm³/mol. The smallest absolute Gasteiger partial charge is 0.334 e. The first-order valence-corrected chi connectivity index (χ1v) is 13.0.